The fourth-order valence-corrected chi connectivity index (χ4v) is 3.92. The van der Waals surface area contributed by atoms with Gasteiger partial charge in [0.15, 0.2) is 11.6 Å². The first-order chi connectivity index (χ1) is 12.6. The van der Waals surface area contributed by atoms with Crippen LogP contribution < -0.4 is 15.4 Å². The maximum absolute atomic E-state index is 14.3. The molecular weight excluding hydrogens is 355 g/mol. The van der Waals surface area contributed by atoms with Crippen molar-refractivity contribution in [2.45, 2.75) is 43.8 Å². The van der Waals surface area contributed by atoms with Crippen molar-refractivity contribution in [3.05, 3.63) is 58.9 Å². The number of ether oxygens (including phenoxy) is 1. The standard InChI is InChI=1S/C20H20ClFN2O2/c21-13-2-6-17(7-3-13)26-19-8-1-12(9-18(19)22)20(25)24-16-10-14-4-5-15(11-16)23-14/h1-3,6-9,14-16,23H,4-5,10-11H2,(H,24,25). The summed E-state index contributed by atoms with van der Waals surface area (Å²) in [4.78, 5) is 12.5. The van der Waals surface area contributed by atoms with E-state index in [0.29, 0.717) is 28.4 Å². The number of hydrogen-bond donors (Lipinski definition) is 2. The van der Waals surface area contributed by atoms with E-state index in [1.165, 1.54) is 25.0 Å². The third-order valence-corrected chi connectivity index (χ3v) is 5.30. The van der Waals surface area contributed by atoms with Crippen molar-refractivity contribution < 1.29 is 13.9 Å². The van der Waals surface area contributed by atoms with Gasteiger partial charge in [-0.25, -0.2) is 4.39 Å². The first kappa shape index (κ1) is 17.3. The molecule has 1 amide bonds. The van der Waals surface area contributed by atoms with E-state index < -0.39 is 5.82 Å². The van der Waals surface area contributed by atoms with Gasteiger partial charge in [-0.2, -0.15) is 0 Å². The Kier molecular flexibility index (Phi) is 4.83. The van der Waals surface area contributed by atoms with Gasteiger partial charge in [0.1, 0.15) is 5.75 Å². The number of hydrogen-bond acceptors (Lipinski definition) is 3. The number of halogens is 2. The third-order valence-electron chi connectivity index (χ3n) is 5.04. The van der Waals surface area contributed by atoms with Gasteiger partial charge < -0.3 is 15.4 Å². The highest BCUT2D eigenvalue weighted by molar-refractivity contribution is 6.30. The van der Waals surface area contributed by atoms with Crippen LogP contribution in [0.5, 0.6) is 11.5 Å². The highest BCUT2D eigenvalue weighted by atomic mass is 35.5. The Labute approximate surface area is 156 Å². The number of rotatable bonds is 4. The summed E-state index contributed by atoms with van der Waals surface area (Å²) < 4.78 is 19.9. The van der Waals surface area contributed by atoms with Crippen LogP contribution in [0.2, 0.25) is 5.02 Å². The minimum atomic E-state index is -0.571. The zero-order chi connectivity index (χ0) is 18.1. The van der Waals surface area contributed by atoms with E-state index in [0.717, 1.165) is 12.8 Å². The van der Waals surface area contributed by atoms with Crippen molar-refractivity contribution in [3.8, 4) is 11.5 Å². The minimum Gasteiger partial charge on any atom is -0.454 e. The highest BCUT2D eigenvalue weighted by Gasteiger charge is 2.34. The Morgan fingerprint density at radius 3 is 2.46 bits per heavy atom. The number of fused-ring (bicyclic) bond motifs is 2. The van der Waals surface area contributed by atoms with E-state index in [2.05, 4.69) is 10.6 Å². The molecule has 2 bridgehead atoms. The summed E-state index contributed by atoms with van der Waals surface area (Å²) in [6.45, 7) is 0. The topological polar surface area (TPSA) is 50.4 Å². The fraction of sp³-hybridized carbons (Fsp3) is 0.350. The Hall–Kier alpha value is -2.11. The molecule has 4 nitrogen and oxygen atoms in total. The maximum atomic E-state index is 14.3. The predicted molar refractivity (Wildman–Crippen MR) is 98.4 cm³/mol. The Morgan fingerprint density at radius 1 is 1.12 bits per heavy atom. The first-order valence-corrected chi connectivity index (χ1v) is 9.24. The number of carbonyl (C=O) groups is 1. The molecule has 0 spiro atoms. The molecule has 2 atom stereocenters. The predicted octanol–water partition coefficient (Wildman–Crippen LogP) is 4.28. The molecule has 2 saturated heterocycles. The molecule has 0 saturated carbocycles. The Bertz CT molecular complexity index is 800. The van der Waals surface area contributed by atoms with Gasteiger partial charge in [0.2, 0.25) is 0 Å². The average molecular weight is 375 g/mol. The molecule has 2 fully saturated rings. The van der Waals surface area contributed by atoms with Crippen LogP contribution in [0.25, 0.3) is 0 Å². The van der Waals surface area contributed by atoms with Crippen LogP contribution in [0.15, 0.2) is 42.5 Å². The molecule has 4 rings (SSSR count). The molecule has 2 aliphatic heterocycles. The van der Waals surface area contributed by atoms with Gasteiger partial charge in [0, 0.05) is 28.7 Å². The SMILES string of the molecule is O=C(NC1CC2CCC(C1)N2)c1ccc(Oc2ccc(Cl)cc2)c(F)c1. The zero-order valence-corrected chi connectivity index (χ0v) is 14.9. The Balaban J connectivity index is 1.41. The molecule has 2 aliphatic rings. The molecule has 6 heteroatoms. The molecule has 136 valence electrons. The van der Waals surface area contributed by atoms with Crippen LogP contribution in [0.4, 0.5) is 4.39 Å². The van der Waals surface area contributed by atoms with Crippen LogP contribution in [-0.4, -0.2) is 24.0 Å². The lowest BCUT2D eigenvalue weighted by atomic mass is 9.99. The first-order valence-electron chi connectivity index (χ1n) is 8.87. The quantitative estimate of drug-likeness (QED) is 0.839. The lowest BCUT2D eigenvalue weighted by Gasteiger charge is -2.29. The van der Waals surface area contributed by atoms with E-state index >= 15 is 0 Å². The lowest BCUT2D eigenvalue weighted by Crippen LogP contribution is -2.48. The van der Waals surface area contributed by atoms with E-state index in [4.69, 9.17) is 16.3 Å². The minimum absolute atomic E-state index is 0.0729. The normalized spacial score (nSPS) is 24.3. The van der Waals surface area contributed by atoms with Crippen molar-refractivity contribution in [1.82, 2.24) is 10.6 Å². The second kappa shape index (κ2) is 7.25. The number of benzene rings is 2. The largest absolute Gasteiger partial charge is 0.454 e. The maximum Gasteiger partial charge on any atom is 0.251 e. The molecule has 0 radical (unpaired) electrons. The van der Waals surface area contributed by atoms with Gasteiger partial charge in [0.25, 0.3) is 5.91 Å². The molecule has 2 aromatic carbocycles. The van der Waals surface area contributed by atoms with Gasteiger partial charge >= 0.3 is 0 Å². The second-order valence-electron chi connectivity index (χ2n) is 6.98. The summed E-state index contributed by atoms with van der Waals surface area (Å²) in [7, 11) is 0. The molecule has 0 aromatic heterocycles. The molecule has 2 unspecified atom stereocenters. The van der Waals surface area contributed by atoms with Crippen molar-refractivity contribution in [2.24, 2.45) is 0 Å². The summed E-state index contributed by atoms with van der Waals surface area (Å²) >= 11 is 5.83. The van der Waals surface area contributed by atoms with Gasteiger partial charge in [-0.15, -0.1) is 0 Å². The summed E-state index contributed by atoms with van der Waals surface area (Å²) in [5.74, 6) is -0.259. The molecule has 26 heavy (non-hydrogen) atoms. The lowest BCUT2D eigenvalue weighted by molar-refractivity contribution is 0.0923. The molecule has 2 N–H and O–H groups in total. The van der Waals surface area contributed by atoms with Crippen LogP contribution in [0.3, 0.4) is 0 Å². The van der Waals surface area contributed by atoms with Crippen LogP contribution in [-0.2, 0) is 0 Å². The summed E-state index contributed by atoms with van der Waals surface area (Å²) in [6.07, 6.45) is 4.20. The molecule has 2 heterocycles. The number of nitrogens with one attached hydrogen (secondary N) is 2. The monoisotopic (exact) mass is 374 g/mol. The molecule has 2 aromatic rings. The summed E-state index contributed by atoms with van der Waals surface area (Å²) in [6, 6.07) is 12.1. The number of piperidine rings is 1. The van der Waals surface area contributed by atoms with E-state index in [1.54, 1.807) is 30.3 Å². The van der Waals surface area contributed by atoms with E-state index in [1.807, 2.05) is 0 Å². The van der Waals surface area contributed by atoms with Crippen molar-refractivity contribution in [2.75, 3.05) is 0 Å². The van der Waals surface area contributed by atoms with E-state index in [9.17, 15) is 9.18 Å². The summed E-state index contributed by atoms with van der Waals surface area (Å²) in [5.41, 5.74) is 0.303. The smallest absolute Gasteiger partial charge is 0.251 e. The number of amides is 1. The van der Waals surface area contributed by atoms with Gasteiger partial charge in [-0.3, -0.25) is 4.79 Å². The fourth-order valence-electron chi connectivity index (χ4n) is 3.80. The van der Waals surface area contributed by atoms with Crippen molar-refractivity contribution >= 4 is 17.5 Å². The van der Waals surface area contributed by atoms with Crippen LogP contribution >= 0.6 is 11.6 Å². The number of carbonyl (C=O) groups excluding carboxylic acids is 1. The zero-order valence-electron chi connectivity index (χ0n) is 14.2. The second-order valence-corrected chi connectivity index (χ2v) is 7.42. The van der Waals surface area contributed by atoms with Crippen LogP contribution in [0, 0.1) is 5.82 Å². The molecular formula is C20H20ClFN2O2. The average Bonchev–Trinajstić information content (AvgIpc) is 2.97. The Morgan fingerprint density at radius 2 is 1.81 bits per heavy atom. The molecule has 0 aliphatic carbocycles. The third kappa shape index (κ3) is 3.84. The van der Waals surface area contributed by atoms with E-state index in [-0.39, 0.29) is 17.7 Å². The van der Waals surface area contributed by atoms with Gasteiger partial charge in [0.05, 0.1) is 0 Å². The van der Waals surface area contributed by atoms with Crippen molar-refractivity contribution in [3.63, 3.8) is 0 Å². The highest BCUT2D eigenvalue weighted by Crippen LogP contribution is 2.28. The van der Waals surface area contributed by atoms with Crippen LogP contribution in [0.1, 0.15) is 36.0 Å². The van der Waals surface area contributed by atoms with Gasteiger partial charge in [-0.1, -0.05) is 11.6 Å². The van der Waals surface area contributed by atoms with Crippen molar-refractivity contribution in [1.29, 1.82) is 0 Å². The summed E-state index contributed by atoms with van der Waals surface area (Å²) in [5, 5.41) is 7.16. The van der Waals surface area contributed by atoms with Gasteiger partial charge in [-0.05, 0) is 68.1 Å².